The van der Waals surface area contributed by atoms with Gasteiger partial charge in [-0.2, -0.15) is 0 Å². The summed E-state index contributed by atoms with van der Waals surface area (Å²) in [6.45, 7) is 4.75. The van der Waals surface area contributed by atoms with Crippen LogP contribution in [0.2, 0.25) is 0 Å². The van der Waals surface area contributed by atoms with Gasteiger partial charge < -0.3 is 14.8 Å². The third-order valence-electron chi connectivity index (χ3n) is 3.97. The van der Waals surface area contributed by atoms with Crippen molar-refractivity contribution in [1.29, 1.82) is 0 Å². The quantitative estimate of drug-likeness (QED) is 0.612. The molecule has 0 bridgehead atoms. The van der Waals surface area contributed by atoms with Gasteiger partial charge in [-0.1, -0.05) is 49.7 Å². The summed E-state index contributed by atoms with van der Waals surface area (Å²) in [7, 11) is 1.69. The van der Waals surface area contributed by atoms with Crippen molar-refractivity contribution in [2.24, 2.45) is 0 Å². The molecule has 2 aromatic rings. The molecule has 1 N–H and O–H groups in total. The van der Waals surface area contributed by atoms with E-state index in [2.05, 4.69) is 54.7 Å². The van der Waals surface area contributed by atoms with Gasteiger partial charge >= 0.3 is 0 Å². The predicted octanol–water partition coefficient (Wildman–Crippen LogP) is 4.60. The van der Waals surface area contributed by atoms with E-state index in [-0.39, 0.29) is 0 Å². The van der Waals surface area contributed by atoms with Gasteiger partial charge in [-0.3, -0.25) is 0 Å². The summed E-state index contributed by atoms with van der Waals surface area (Å²) >= 11 is 0. The molecule has 0 unspecified atom stereocenters. The Balaban J connectivity index is 1.74. The maximum atomic E-state index is 5.77. The molecule has 0 saturated heterocycles. The molecule has 0 spiro atoms. The number of unbranched alkanes of at least 4 members (excludes halogenated alkanes) is 1. The summed E-state index contributed by atoms with van der Waals surface area (Å²) in [6.07, 6.45) is 4.45. The van der Waals surface area contributed by atoms with Crippen LogP contribution in [0, 0.1) is 0 Å². The van der Waals surface area contributed by atoms with E-state index >= 15 is 0 Å². The molecule has 2 rings (SSSR count). The highest BCUT2D eigenvalue weighted by Crippen LogP contribution is 2.28. The molecule has 0 amide bonds. The Bertz CT molecular complexity index is 584. The first-order valence-electron chi connectivity index (χ1n) is 8.88. The van der Waals surface area contributed by atoms with Crippen LogP contribution in [-0.4, -0.2) is 20.3 Å². The minimum Gasteiger partial charge on any atom is -0.493 e. The maximum Gasteiger partial charge on any atom is 0.161 e. The Hall–Kier alpha value is -2.00. The van der Waals surface area contributed by atoms with Gasteiger partial charge in [0.2, 0.25) is 0 Å². The molecule has 0 atom stereocenters. The van der Waals surface area contributed by atoms with Crippen LogP contribution in [0.1, 0.15) is 37.3 Å². The smallest absolute Gasteiger partial charge is 0.161 e. The third kappa shape index (κ3) is 6.25. The molecule has 3 nitrogen and oxygen atoms in total. The second-order valence-electron chi connectivity index (χ2n) is 5.95. The lowest BCUT2D eigenvalue weighted by atomic mass is 10.1. The Morgan fingerprint density at radius 2 is 1.75 bits per heavy atom. The number of nitrogens with one attached hydrogen (secondary N) is 1. The van der Waals surface area contributed by atoms with Crippen molar-refractivity contribution >= 4 is 0 Å². The molecule has 0 saturated carbocycles. The zero-order valence-electron chi connectivity index (χ0n) is 14.9. The van der Waals surface area contributed by atoms with Crippen molar-refractivity contribution < 1.29 is 9.47 Å². The highest BCUT2D eigenvalue weighted by atomic mass is 16.5. The lowest BCUT2D eigenvalue weighted by molar-refractivity contribution is 0.288. The SMILES string of the molecule is CCCCOc1ccc(CNCCCc2ccccc2)cc1OC. The largest absolute Gasteiger partial charge is 0.493 e. The Kier molecular flexibility index (Phi) is 8.19. The fourth-order valence-electron chi connectivity index (χ4n) is 2.56. The van der Waals surface area contributed by atoms with E-state index < -0.39 is 0 Å². The molecule has 0 radical (unpaired) electrons. The first-order valence-corrected chi connectivity index (χ1v) is 8.88. The van der Waals surface area contributed by atoms with Crippen LogP contribution in [0.25, 0.3) is 0 Å². The first kappa shape index (κ1) is 18.3. The fourth-order valence-corrected chi connectivity index (χ4v) is 2.56. The van der Waals surface area contributed by atoms with Crippen LogP contribution in [-0.2, 0) is 13.0 Å². The highest BCUT2D eigenvalue weighted by molar-refractivity contribution is 5.42. The van der Waals surface area contributed by atoms with Gasteiger partial charge in [0, 0.05) is 6.54 Å². The molecule has 0 fully saturated rings. The molecule has 0 aromatic heterocycles. The summed E-state index contributed by atoms with van der Waals surface area (Å²) in [6, 6.07) is 16.8. The molecule has 0 aliphatic carbocycles. The van der Waals surface area contributed by atoms with E-state index in [0.717, 1.165) is 56.9 Å². The van der Waals surface area contributed by atoms with Crippen LogP contribution in [0.4, 0.5) is 0 Å². The topological polar surface area (TPSA) is 30.5 Å². The summed E-state index contributed by atoms with van der Waals surface area (Å²) in [4.78, 5) is 0. The molecule has 24 heavy (non-hydrogen) atoms. The maximum absolute atomic E-state index is 5.77. The number of benzene rings is 2. The van der Waals surface area contributed by atoms with Crippen LogP contribution in [0.5, 0.6) is 11.5 Å². The first-order chi connectivity index (χ1) is 11.8. The molecular weight excluding hydrogens is 298 g/mol. The zero-order chi connectivity index (χ0) is 17.0. The summed E-state index contributed by atoms with van der Waals surface area (Å²) in [5.74, 6) is 1.65. The lowest BCUT2D eigenvalue weighted by Crippen LogP contribution is -2.15. The van der Waals surface area contributed by atoms with Gasteiger partial charge in [0.1, 0.15) is 0 Å². The van der Waals surface area contributed by atoms with Crippen LogP contribution < -0.4 is 14.8 Å². The Morgan fingerprint density at radius 1 is 0.917 bits per heavy atom. The van der Waals surface area contributed by atoms with E-state index in [1.165, 1.54) is 11.1 Å². The van der Waals surface area contributed by atoms with Gasteiger partial charge in [-0.25, -0.2) is 0 Å². The van der Waals surface area contributed by atoms with Crippen LogP contribution in [0.3, 0.4) is 0 Å². The average Bonchev–Trinajstić information content (AvgIpc) is 2.63. The number of aryl methyl sites for hydroxylation is 1. The normalized spacial score (nSPS) is 10.6. The molecule has 2 aromatic carbocycles. The van der Waals surface area contributed by atoms with Gasteiger partial charge in [-0.05, 0) is 49.1 Å². The third-order valence-corrected chi connectivity index (χ3v) is 3.97. The number of rotatable bonds is 11. The van der Waals surface area contributed by atoms with Crippen molar-refractivity contribution in [3.05, 3.63) is 59.7 Å². The molecule has 130 valence electrons. The molecule has 3 heteroatoms. The second kappa shape index (κ2) is 10.7. The van der Waals surface area contributed by atoms with E-state index in [0.29, 0.717) is 0 Å². The fraction of sp³-hybridized carbons (Fsp3) is 0.429. The molecule has 0 aliphatic rings. The summed E-state index contributed by atoms with van der Waals surface area (Å²) in [5.41, 5.74) is 2.61. The van der Waals surface area contributed by atoms with Gasteiger partial charge in [0.05, 0.1) is 13.7 Å². The minimum atomic E-state index is 0.740. The van der Waals surface area contributed by atoms with E-state index in [1.54, 1.807) is 7.11 Å². The molecular formula is C21H29NO2. The van der Waals surface area contributed by atoms with Gasteiger partial charge in [0.25, 0.3) is 0 Å². The molecule has 0 heterocycles. The summed E-state index contributed by atoms with van der Waals surface area (Å²) < 4.78 is 11.2. The standard InChI is InChI=1S/C21H29NO2/c1-3-4-15-24-20-13-12-19(16-21(20)23-2)17-22-14-8-11-18-9-6-5-7-10-18/h5-7,9-10,12-13,16,22H,3-4,8,11,14-15,17H2,1-2H3. The van der Waals surface area contributed by atoms with Crippen molar-refractivity contribution in [3.63, 3.8) is 0 Å². The van der Waals surface area contributed by atoms with Crippen molar-refractivity contribution in [3.8, 4) is 11.5 Å². The van der Waals surface area contributed by atoms with Crippen molar-refractivity contribution in [2.75, 3.05) is 20.3 Å². The van der Waals surface area contributed by atoms with E-state index in [4.69, 9.17) is 9.47 Å². The van der Waals surface area contributed by atoms with Gasteiger partial charge in [-0.15, -0.1) is 0 Å². The number of ether oxygens (including phenoxy) is 2. The lowest BCUT2D eigenvalue weighted by Gasteiger charge is -2.12. The zero-order valence-corrected chi connectivity index (χ0v) is 14.9. The van der Waals surface area contributed by atoms with E-state index in [9.17, 15) is 0 Å². The van der Waals surface area contributed by atoms with E-state index in [1.807, 2.05) is 6.07 Å². The summed E-state index contributed by atoms with van der Waals surface area (Å²) in [5, 5.41) is 3.50. The Labute approximate surface area is 146 Å². The molecule has 0 aliphatic heterocycles. The number of hydrogen-bond donors (Lipinski definition) is 1. The predicted molar refractivity (Wildman–Crippen MR) is 99.9 cm³/mol. The average molecular weight is 327 g/mol. The number of hydrogen-bond acceptors (Lipinski definition) is 3. The van der Waals surface area contributed by atoms with Crippen molar-refractivity contribution in [2.45, 2.75) is 39.2 Å². The van der Waals surface area contributed by atoms with Gasteiger partial charge in [0.15, 0.2) is 11.5 Å². The van der Waals surface area contributed by atoms with Crippen molar-refractivity contribution in [1.82, 2.24) is 5.32 Å². The van der Waals surface area contributed by atoms with Crippen LogP contribution >= 0.6 is 0 Å². The minimum absolute atomic E-state index is 0.740. The Morgan fingerprint density at radius 3 is 2.50 bits per heavy atom. The second-order valence-corrected chi connectivity index (χ2v) is 5.95. The highest BCUT2D eigenvalue weighted by Gasteiger charge is 2.05. The van der Waals surface area contributed by atoms with Crippen LogP contribution in [0.15, 0.2) is 48.5 Å². The number of methoxy groups -OCH3 is 1. The monoisotopic (exact) mass is 327 g/mol.